The fourth-order valence-electron chi connectivity index (χ4n) is 2.37. The number of nitrogens with zero attached hydrogens (tertiary/aromatic N) is 2. The van der Waals surface area contributed by atoms with Gasteiger partial charge in [0.15, 0.2) is 6.61 Å². The van der Waals surface area contributed by atoms with Crippen LogP contribution < -0.4 is 9.47 Å². The van der Waals surface area contributed by atoms with Crippen molar-refractivity contribution in [3.63, 3.8) is 0 Å². The Morgan fingerprint density at radius 1 is 1.16 bits per heavy atom. The smallest absolute Gasteiger partial charge is 0.260 e. The van der Waals surface area contributed by atoms with E-state index in [1.54, 1.807) is 54.7 Å². The van der Waals surface area contributed by atoms with Crippen molar-refractivity contribution in [1.82, 2.24) is 9.88 Å². The van der Waals surface area contributed by atoms with Crippen molar-refractivity contribution in [3.05, 3.63) is 53.5 Å². The maximum atomic E-state index is 12.4. The Kier molecular flexibility index (Phi) is 5.19. The van der Waals surface area contributed by atoms with Gasteiger partial charge in [-0.05, 0) is 43.3 Å². The molecular formula is C19H20N2O3S. The molecule has 0 saturated heterocycles. The molecule has 3 aromatic rings. The molecule has 0 fully saturated rings. The maximum Gasteiger partial charge on any atom is 0.260 e. The third kappa shape index (κ3) is 3.91. The van der Waals surface area contributed by atoms with Gasteiger partial charge < -0.3 is 14.4 Å². The topological polar surface area (TPSA) is 51.7 Å². The number of fused-ring (bicyclic) bond motifs is 1. The summed E-state index contributed by atoms with van der Waals surface area (Å²) >= 11 is 1.61. The monoisotopic (exact) mass is 356 g/mol. The fourth-order valence-corrected chi connectivity index (χ4v) is 3.43. The van der Waals surface area contributed by atoms with E-state index in [9.17, 15) is 4.79 Å². The molecule has 0 aliphatic heterocycles. The highest BCUT2D eigenvalue weighted by atomic mass is 32.1. The highest BCUT2D eigenvalue weighted by molar-refractivity contribution is 7.18. The number of benzene rings is 2. The van der Waals surface area contributed by atoms with E-state index in [0.717, 1.165) is 21.0 Å². The first-order valence-electron chi connectivity index (χ1n) is 7.96. The third-order valence-electron chi connectivity index (χ3n) is 4.06. The highest BCUT2D eigenvalue weighted by Gasteiger charge is 2.21. The molecule has 25 heavy (non-hydrogen) atoms. The number of likely N-dealkylation sites (N-methyl/N-ethyl adjacent to an activating group) is 1. The molecule has 130 valence electrons. The molecule has 5 nitrogen and oxygen atoms in total. The fraction of sp³-hybridized carbons (Fsp3) is 0.263. The average Bonchev–Trinajstić information content (AvgIpc) is 3.09. The van der Waals surface area contributed by atoms with E-state index in [1.165, 1.54) is 0 Å². The minimum atomic E-state index is -0.107. The molecule has 0 N–H and O–H groups in total. The van der Waals surface area contributed by atoms with Gasteiger partial charge in [-0.1, -0.05) is 12.1 Å². The lowest BCUT2D eigenvalue weighted by molar-refractivity contribution is -0.134. The van der Waals surface area contributed by atoms with Crippen molar-refractivity contribution in [1.29, 1.82) is 0 Å². The molecule has 0 aliphatic carbocycles. The predicted octanol–water partition coefficient (Wildman–Crippen LogP) is 3.90. The van der Waals surface area contributed by atoms with Crippen molar-refractivity contribution >= 4 is 27.5 Å². The predicted molar refractivity (Wildman–Crippen MR) is 99.3 cm³/mol. The van der Waals surface area contributed by atoms with E-state index in [-0.39, 0.29) is 18.6 Å². The molecular weight excluding hydrogens is 336 g/mol. The standard InChI is InChI=1S/C19H20N2O3S/c1-13(19-20-16-6-4-5-7-17(16)25-19)21(2)18(22)12-24-15-10-8-14(23-3)9-11-15/h4-11,13H,12H2,1-3H3/t13-/m1/s1. The summed E-state index contributed by atoms with van der Waals surface area (Å²) in [6, 6.07) is 15.0. The lowest BCUT2D eigenvalue weighted by Gasteiger charge is -2.23. The van der Waals surface area contributed by atoms with Crippen LogP contribution in [0.3, 0.4) is 0 Å². The second kappa shape index (κ2) is 7.53. The number of ether oxygens (including phenoxy) is 2. The van der Waals surface area contributed by atoms with Crippen LogP contribution in [-0.4, -0.2) is 36.6 Å². The van der Waals surface area contributed by atoms with Gasteiger partial charge in [0.25, 0.3) is 5.91 Å². The van der Waals surface area contributed by atoms with Crippen molar-refractivity contribution < 1.29 is 14.3 Å². The summed E-state index contributed by atoms with van der Waals surface area (Å²) in [6.07, 6.45) is 0. The summed E-state index contributed by atoms with van der Waals surface area (Å²) < 4.78 is 11.8. The van der Waals surface area contributed by atoms with Gasteiger partial charge in [-0.2, -0.15) is 0 Å². The summed E-state index contributed by atoms with van der Waals surface area (Å²) in [6.45, 7) is 1.96. The number of methoxy groups -OCH3 is 1. The number of thiazole rings is 1. The van der Waals surface area contributed by atoms with Crippen molar-refractivity contribution in [2.75, 3.05) is 20.8 Å². The van der Waals surface area contributed by atoms with Gasteiger partial charge in [0.05, 0.1) is 23.4 Å². The summed E-state index contributed by atoms with van der Waals surface area (Å²) in [7, 11) is 3.38. The molecule has 0 unspecified atom stereocenters. The zero-order valence-corrected chi connectivity index (χ0v) is 15.2. The molecule has 1 aromatic heterocycles. The Hall–Kier alpha value is -2.60. The zero-order valence-electron chi connectivity index (χ0n) is 14.4. The number of carbonyl (C=O) groups is 1. The van der Waals surface area contributed by atoms with Gasteiger partial charge >= 0.3 is 0 Å². The molecule has 0 bridgehead atoms. The summed E-state index contributed by atoms with van der Waals surface area (Å²) in [4.78, 5) is 18.7. The molecule has 0 radical (unpaired) electrons. The van der Waals surface area contributed by atoms with Gasteiger partial charge in [-0.15, -0.1) is 11.3 Å². The molecule has 1 amide bonds. The molecule has 0 spiro atoms. The van der Waals surface area contributed by atoms with Crippen molar-refractivity contribution in [3.8, 4) is 11.5 Å². The largest absolute Gasteiger partial charge is 0.497 e. The van der Waals surface area contributed by atoms with Crippen LogP contribution in [0.4, 0.5) is 0 Å². The molecule has 2 aromatic carbocycles. The van der Waals surface area contributed by atoms with Gasteiger partial charge in [-0.25, -0.2) is 4.98 Å². The third-order valence-corrected chi connectivity index (χ3v) is 5.27. The molecule has 0 aliphatic rings. The summed E-state index contributed by atoms with van der Waals surface area (Å²) in [5.41, 5.74) is 0.963. The molecule has 3 rings (SSSR count). The van der Waals surface area contributed by atoms with E-state index in [1.807, 2.05) is 31.2 Å². The number of hydrogen-bond donors (Lipinski definition) is 0. The average molecular weight is 356 g/mol. The Labute approximate surface area is 150 Å². The Balaban J connectivity index is 1.62. The quantitative estimate of drug-likeness (QED) is 0.672. The second-order valence-corrected chi connectivity index (χ2v) is 6.73. The van der Waals surface area contributed by atoms with Gasteiger partial charge in [0.2, 0.25) is 0 Å². The number of rotatable bonds is 6. The lowest BCUT2D eigenvalue weighted by Crippen LogP contribution is -2.33. The molecule has 1 heterocycles. The van der Waals surface area contributed by atoms with Crippen LogP contribution in [-0.2, 0) is 4.79 Å². The van der Waals surface area contributed by atoms with Crippen molar-refractivity contribution in [2.45, 2.75) is 13.0 Å². The Bertz CT molecular complexity index is 827. The lowest BCUT2D eigenvalue weighted by atomic mass is 10.3. The first-order valence-corrected chi connectivity index (χ1v) is 8.78. The summed E-state index contributed by atoms with van der Waals surface area (Å²) in [5, 5.41) is 0.918. The number of hydrogen-bond acceptors (Lipinski definition) is 5. The van der Waals surface area contributed by atoms with E-state index in [0.29, 0.717) is 5.75 Å². The minimum Gasteiger partial charge on any atom is -0.497 e. The van der Waals surface area contributed by atoms with E-state index < -0.39 is 0 Å². The van der Waals surface area contributed by atoms with Crippen LogP contribution in [0.5, 0.6) is 11.5 Å². The number of para-hydroxylation sites is 1. The van der Waals surface area contributed by atoms with Crippen LogP contribution in [0.2, 0.25) is 0 Å². The normalized spacial score (nSPS) is 12.0. The number of carbonyl (C=O) groups excluding carboxylic acids is 1. The van der Waals surface area contributed by atoms with Crippen LogP contribution in [0.1, 0.15) is 18.0 Å². The number of amides is 1. The first kappa shape index (κ1) is 17.2. The van der Waals surface area contributed by atoms with Crippen LogP contribution >= 0.6 is 11.3 Å². The minimum absolute atomic E-state index is 0.0158. The van der Waals surface area contributed by atoms with E-state index in [4.69, 9.17) is 9.47 Å². The van der Waals surface area contributed by atoms with Crippen LogP contribution in [0.15, 0.2) is 48.5 Å². The first-order chi connectivity index (χ1) is 12.1. The highest BCUT2D eigenvalue weighted by Crippen LogP contribution is 2.28. The van der Waals surface area contributed by atoms with Crippen molar-refractivity contribution in [2.24, 2.45) is 0 Å². The maximum absolute atomic E-state index is 12.4. The SMILES string of the molecule is COc1ccc(OCC(=O)N(C)[C@H](C)c2nc3ccccc3s2)cc1. The molecule has 1 atom stereocenters. The van der Waals surface area contributed by atoms with Gasteiger partial charge in [0.1, 0.15) is 16.5 Å². The van der Waals surface area contributed by atoms with Gasteiger partial charge in [0, 0.05) is 7.05 Å². The van der Waals surface area contributed by atoms with E-state index >= 15 is 0 Å². The zero-order chi connectivity index (χ0) is 17.8. The second-order valence-electron chi connectivity index (χ2n) is 5.66. The number of aromatic nitrogens is 1. The van der Waals surface area contributed by atoms with Crippen LogP contribution in [0, 0.1) is 0 Å². The molecule has 6 heteroatoms. The van der Waals surface area contributed by atoms with Gasteiger partial charge in [-0.3, -0.25) is 4.79 Å². The van der Waals surface area contributed by atoms with E-state index in [2.05, 4.69) is 4.98 Å². The molecule has 0 saturated carbocycles. The Morgan fingerprint density at radius 2 is 1.84 bits per heavy atom. The Morgan fingerprint density at radius 3 is 2.52 bits per heavy atom. The summed E-state index contributed by atoms with van der Waals surface area (Å²) in [5.74, 6) is 1.29. The van der Waals surface area contributed by atoms with Crippen LogP contribution in [0.25, 0.3) is 10.2 Å².